The van der Waals surface area contributed by atoms with Gasteiger partial charge < -0.3 is 30.6 Å². The van der Waals surface area contributed by atoms with Crippen LogP contribution in [0.5, 0.6) is 0 Å². The number of aldehydes is 1. The largest absolute Gasteiger partial charge is 0.386 e. The van der Waals surface area contributed by atoms with Gasteiger partial charge in [0, 0.05) is 68.9 Å². The summed E-state index contributed by atoms with van der Waals surface area (Å²) in [7, 11) is 3.79. The van der Waals surface area contributed by atoms with Gasteiger partial charge in [-0.25, -0.2) is 9.37 Å². The summed E-state index contributed by atoms with van der Waals surface area (Å²) in [6, 6.07) is 16.1. The van der Waals surface area contributed by atoms with E-state index in [9.17, 15) is 18.8 Å². The van der Waals surface area contributed by atoms with E-state index in [4.69, 9.17) is 21.3 Å². The van der Waals surface area contributed by atoms with Gasteiger partial charge in [-0.15, -0.1) is 0 Å². The summed E-state index contributed by atoms with van der Waals surface area (Å²) in [6.07, 6.45) is 11.2. The molecule has 0 radical (unpaired) electrons. The maximum Gasteiger partial charge on any atom is 0.211 e. The number of nitrogens with zero attached hydrogens (tertiary/aromatic N) is 3. The number of halogens is 2. The summed E-state index contributed by atoms with van der Waals surface area (Å²) in [5, 5.41) is 11.7. The molecule has 13 heteroatoms. The molecule has 3 aromatic carbocycles. The quantitative estimate of drug-likeness (QED) is 0.0697. The second-order valence-corrected chi connectivity index (χ2v) is 12.4. The zero-order valence-electron chi connectivity index (χ0n) is 29.6. The molecule has 1 fully saturated rings. The molecule has 0 unspecified atom stereocenters. The van der Waals surface area contributed by atoms with E-state index in [1.807, 2.05) is 6.08 Å². The number of allylic oxidation sites excluding steroid dienone is 4. The third kappa shape index (κ3) is 11.6. The zero-order chi connectivity index (χ0) is 37.3. The molecule has 0 atom stereocenters. The molecule has 0 spiro atoms. The number of nitrogens with one attached hydrogen (secondary N) is 4. The van der Waals surface area contributed by atoms with Gasteiger partial charge in [-0.05, 0) is 85.5 Å². The molecular formula is C39H45ClFN7O4. The zero-order valence-corrected chi connectivity index (χ0v) is 30.4. The maximum absolute atomic E-state index is 14.2. The van der Waals surface area contributed by atoms with Gasteiger partial charge in [-0.1, -0.05) is 35.9 Å². The summed E-state index contributed by atoms with van der Waals surface area (Å²) in [5.41, 5.74) is 7.99. The van der Waals surface area contributed by atoms with Crippen LogP contribution in [0.4, 0.5) is 21.5 Å². The Morgan fingerprint density at radius 2 is 1.77 bits per heavy atom. The Bertz CT molecular complexity index is 1920. The molecule has 11 nitrogen and oxygen atoms in total. The van der Waals surface area contributed by atoms with Crippen molar-refractivity contribution in [2.45, 2.75) is 32.9 Å². The minimum Gasteiger partial charge on any atom is -0.386 e. The first-order valence-electron chi connectivity index (χ1n) is 16.9. The van der Waals surface area contributed by atoms with Crippen LogP contribution in [0.3, 0.4) is 0 Å². The van der Waals surface area contributed by atoms with Crippen LogP contribution in [0.15, 0.2) is 90.2 Å². The molecule has 4 N–H and O–H groups in total. The molecule has 1 saturated heterocycles. The highest BCUT2D eigenvalue weighted by molar-refractivity contribution is 6.30. The lowest BCUT2D eigenvalue weighted by atomic mass is 10.0. The number of carbonyl (C=O) groups excluding carboxylic acids is 3. The number of carbonyl (C=O) groups is 3. The van der Waals surface area contributed by atoms with Crippen LogP contribution in [0.1, 0.15) is 29.8 Å². The molecule has 274 valence electrons. The fraction of sp³-hybridized carbons (Fsp3) is 0.282. The van der Waals surface area contributed by atoms with E-state index in [1.54, 1.807) is 43.5 Å². The number of ether oxygens (including phenoxy) is 1. The van der Waals surface area contributed by atoms with Crippen LogP contribution >= 0.6 is 11.6 Å². The molecule has 4 aromatic rings. The standard InChI is InChI=1S/C27H28ClFN4O.C9H11N3O2.C3H6O/c1-19-6-9-26-25(15-19)31-27(32(26)2)18-33-12-10-20(11-13-33)24(5-3-4-14-34)30-17-21-7-8-22(28)16-23(21)29;1-10-9-4-7(11-5-13)2-3-8(9)12-6-14;1-2-4-3-1/h3-10,14-16,30H,11-13,17-18H2,1-2H3;2-6,10H,1H3,(H,11,13)(H,12,14);1-3H2/b4-3-,24-5-;;. The first-order chi connectivity index (χ1) is 25.3. The van der Waals surface area contributed by atoms with Crippen molar-refractivity contribution in [3.8, 4) is 0 Å². The Kier molecular flexibility index (Phi) is 15.6. The van der Waals surface area contributed by atoms with Crippen LogP contribution in [-0.2, 0) is 39.3 Å². The van der Waals surface area contributed by atoms with Gasteiger partial charge in [0.1, 0.15) is 17.9 Å². The van der Waals surface area contributed by atoms with Crippen molar-refractivity contribution in [2.75, 3.05) is 49.3 Å². The number of anilines is 3. The number of hydrogen-bond acceptors (Lipinski definition) is 8. The van der Waals surface area contributed by atoms with Crippen LogP contribution in [0, 0.1) is 12.7 Å². The van der Waals surface area contributed by atoms with Crippen LogP contribution in [0.25, 0.3) is 11.0 Å². The van der Waals surface area contributed by atoms with Crippen molar-refractivity contribution < 1.29 is 23.5 Å². The highest BCUT2D eigenvalue weighted by atomic mass is 35.5. The predicted octanol–water partition coefficient (Wildman–Crippen LogP) is 6.51. The summed E-state index contributed by atoms with van der Waals surface area (Å²) in [5.74, 6) is 0.697. The molecule has 2 aliphatic heterocycles. The minimum atomic E-state index is -0.343. The number of aromatic nitrogens is 2. The second kappa shape index (κ2) is 20.5. The Morgan fingerprint density at radius 1 is 1.00 bits per heavy atom. The predicted molar refractivity (Wildman–Crippen MR) is 206 cm³/mol. The van der Waals surface area contributed by atoms with Gasteiger partial charge in [-0.3, -0.25) is 19.3 Å². The monoisotopic (exact) mass is 729 g/mol. The van der Waals surface area contributed by atoms with Gasteiger partial charge >= 0.3 is 0 Å². The van der Waals surface area contributed by atoms with Crippen molar-refractivity contribution in [3.63, 3.8) is 0 Å². The van der Waals surface area contributed by atoms with Crippen molar-refractivity contribution in [3.05, 3.63) is 118 Å². The van der Waals surface area contributed by atoms with E-state index in [-0.39, 0.29) is 5.82 Å². The Balaban J connectivity index is 0.000000276. The molecule has 2 aliphatic rings. The average Bonchev–Trinajstić information content (AvgIpc) is 3.41. The molecule has 2 amide bonds. The number of amides is 2. The van der Waals surface area contributed by atoms with Gasteiger partial charge in [0.25, 0.3) is 0 Å². The number of rotatable bonds is 13. The smallest absolute Gasteiger partial charge is 0.211 e. The molecule has 52 heavy (non-hydrogen) atoms. The van der Waals surface area contributed by atoms with Gasteiger partial charge in [0.2, 0.25) is 12.8 Å². The number of benzene rings is 3. The van der Waals surface area contributed by atoms with Crippen molar-refractivity contribution in [1.82, 2.24) is 19.8 Å². The van der Waals surface area contributed by atoms with Crippen LogP contribution in [0.2, 0.25) is 5.02 Å². The Labute approximate surface area is 308 Å². The molecule has 6 rings (SSSR count). The van der Waals surface area contributed by atoms with Gasteiger partial charge in [-0.2, -0.15) is 0 Å². The van der Waals surface area contributed by atoms with Gasteiger partial charge in [0.05, 0.1) is 29.0 Å². The molecule has 0 aliphatic carbocycles. The maximum atomic E-state index is 14.2. The molecule has 0 saturated carbocycles. The minimum absolute atomic E-state index is 0.324. The summed E-state index contributed by atoms with van der Waals surface area (Å²) in [6.45, 7) is 6.82. The van der Waals surface area contributed by atoms with E-state index in [0.29, 0.717) is 41.3 Å². The van der Waals surface area contributed by atoms with Crippen molar-refractivity contribution in [2.24, 2.45) is 7.05 Å². The van der Waals surface area contributed by atoms with Crippen molar-refractivity contribution in [1.29, 1.82) is 0 Å². The summed E-state index contributed by atoms with van der Waals surface area (Å²) >= 11 is 5.86. The molecular weight excluding hydrogens is 685 g/mol. The Morgan fingerprint density at radius 3 is 2.40 bits per heavy atom. The average molecular weight is 730 g/mol. The SMILES string of the molecule is C1COC1.CNc1cc(NC=O)ccc1NC=O.Cc1ccc2c(c1)nc(CN1CC=C(/C(=C/C=C\C=O)NCc3ccc(Cl)cc3F)CC1)n2C. The third-order valence-corrected chi connectivity index (χ3v) is 8.61. The van der Waals surface area contributed by atoms with E-state index in [1.165, 1.54) is 24.1 Å². The first kappa shape index (κ1) is 39.5. The lowest BCUT2D eigenvalue weighted by Crippen LogP contribution is -2.31. The topological polar surface area (TPSA) is 130 Å². The molecule has 3 heterocycles. The van der Waals surface area contributed by atoms with E-state index >= 15 is 0 Å². The van der Waals surface area contributed by atoms with Crippen LogP contribution < -0.4 is 21.3 Å². The fourth-order valence-corrected chi connectivity index (χ4v) is 5.53. The highest BCUT2D eigenvalue weighted by Crippen LogP contribution is 2.25. The van der Waals surface area contributed by atoms with E-state index < -0.39 is 0 Å². The number of imidazole rings is 1. The lowest BCUT2D eigenvalue weighted by Gasteiger charge is -2.27. The second-order valence-electron chi connectivity index (χ2n) is 12.0. The van der Waals surface area contributed by atoms with Crippen molar-refractivity contribution >= 4 is 58.8 Å². The first-order valence-corrected chi connectivity index (χ1v) is 17.3. The number of fused-ring (bicyclic) bond motifs is 1. The Hall–Kier alpha value is -5.30. The summed E-state index contributed by atoms with van der Waals surface area (Å²) < 4.78 is 21.1. The van der Waals surface area contributed by atoms with E-state index in [0.717, 1.165) is 79.4 Å². The van der Waals surface area contributed by atoms with Gasteiger partial charge in [0.15, 0.2) is 0 Å². The summed E-state index contributed by atoms with van der Waals surface area (Å²) in [4.78, 5) is 38.3. The molecule has 1 aromatic heterocycles. The molecule has 0 bridgehead atoms. The normalized spacial score (nSPS) is 14.2. The van der Waals surface area contributed by atoms with Crippen LogP contribution in [-0.4, -0.2) is 66.9 Å². The van der Waals surface area contributed by atoms with E-state index in [2.05, 4.69) is 69.0 Å². The third-order valence-electron chi connectivity index (χ3n) is 8.38. The fourth-order valence-electron chi connectivity index (χ4n) is 5.38. The number of aryl methyl sites for hydroxylation is 2. The lowest BCUT2D eigenvalue weighted by molar-refractivity contribution is -0.106. The number of hydrogen-bond donors (Lipinski definition) is 4. The highest BCUT2D eigenvalue weighted by Gasteiger charge is 2.18.